The zero-order valence-electron chi connectivity index (χ0n) is 9.64. The lowest BCUT2D eigenvalue weighted by atomic mass is 10.4. The molecule has 1 rings (SSSR count). The third-order valence-corrected chi connectivity index (χ3v) is 3.22. The van der Waals surface area contributed by atoms with Crippen LogP contribution in [0.3, 0.4) is 0 Å². The summed E-state index contributed by atoms with van der Waals surface area (Å²) in [5.41, 5.74) is 0.996. The molecule has 1 aromatic heterocycles. The molecule has 0 unspecified atom stereocenters. The number of hydrogen-bond acceptors (Lipinski definition) is 3. The Kier molecular flexibility index (Phi) is 5.11. The minimum Gasteiger partial charge on any atom is -0.352 e. The van der Waals surface area contributed by atoms with E-state index < -0.39 is 0 Å². The number of nitrogens with zero attached hydrogens (tertiary/aromatic N) is 2. The molecule has 0 saturated heterocycles. The quantitative estimate of drug-likeness (QED) is 0.762. The summed E-state index contributed by atoms with van der Waals surface area (Å²) in [6.07, 6.45) is 3.58. The van der Waals surface area contributed by atoms with Crippen LogP contribution in [0.15, 0.2) is 24.9 Å². The summed E-state index contributed by atoms with van der Waals surface area (Å²) in [5.74, 6) is 0.796. The number of amides is 1. The molecule has 0 aliphatic rings. The number of rotatable bonds is 6. The van der Waals surface area contributed by atoms with E-state index in [1.165, 1.54) is 0 Å². The first-order valence-corrected chi connectivity index (χ1v) is 6.17. The van der Waals surface area contributed by atoms with Crippen molar-refractivity contribution in [2.24, 2.45) is 7.05 Å². The molecule has 4 nitrogen and oxygen atoms in total. The van der Waals surface area contributed by atoms with Gasteiger partial charge in [0.15, 0.2) is 0 Å². The smallest absolute Gasteiger partial charge is 0.233 e. The van der Waals surface area contributed by atoms with Crippen LogP contribution in [0.1, 0.15) is 12.6 Å². The molecule has 0 aliphatic heterocycles. The maximum Gasteiger partial charge on any atom is 0.233 e. The van der Waals surface area contributed by atoms with Gasteiger partial charge in [0, 0.05) is 25.5 Å². The van der Waals surface area contributed by atoms with E-state index in [0.717, 1.165) is 11.4 Å². The van der Waals surface area contributed by atoms with Gasteiger partial charge in [-0.1, -0.05) is 6.08 Å². The second-order valence-corrected chi connectivity index (χ2v) is 4.80. The van der Waals surface area contributed by atoms with Gasteiger partial charge >= 0.3 is 0 Å². The highest BCUT2D eigenvalue weighted by atomic mass is 32.2. The molecular weight excluding hydrogens is 222 g/mol. The largest absolute Gasteiger partial charge is 0.352 e. The van der Waals surface area contributed by atoms with Crippen LogP contribution in [0.25, 0.3) is 0 Å². The molecule has 1 aromatic rings. The van der Waals surface area contributed by atoms with Gasteiger partial charge in [0.05, 0.1) is 10.9 Å². The summed E-state index contributed by atoms with van der Waals surface area (Å²) in [4.78, 5) is 11.5. The Bertz CT molecular complexity index is 362. The third-order valence-electron chi connectivity index (χ3n) is 2.04. The molecule has 1 heterocycles. The molecule has 0 spiro atoms. The minimum absolute atomic E-state index is 0.0424. The Hall–Kier alpha value is -1.23. The van der Waals surface area contributed by atoms with E-state index in [0.29, 0.717) is 6.54 Å². The number of nitrogens with one attached hydrogen (secondary N) is 1. The Morgan fingerprint density at radius 1 is 1.81 bits per heavy atom. The summed E-state index contributed by atoms with van der Waals surface area (Å²) < 4.78 is 1.76. The van der Waals surface area contributed by atoms with Crippen molar-refractivity contribution in [3.8, 4) is 0 Å². The molecule has 1 amide bonds. The predicted octanol–water partition coefficient (Wildman–Crippen LogP) is 1.34. The zero-order chi connectivity index (χ0) is 12.0. The van der Waals surface area contributed by atoms with E-state index in [2.05, 4.69) is 17.0 Å². The predicted molar refractivity (Wildman–Crippen MR) is 67.2 cm³/mol. The average molecular weight is 239 g/mol. The number of thioether (sulfide) groups is 1. The first-order valence-electron chi connectivity index (χ1n) is 5.12. The van der Waals surface area contributed by atoms with E-state index in [1.54, 1.807) is 22.5 Å². The van der Waals surface area contributed by atoms with E-state index in [4.69, 9.17) is 0 Å². The number of carbonyl (C=O) groups excluding carboxylic acids is 1. The fourth-order valence-corrected chi connectivity index (χ4v) is 1.95. The van der Waals surface area contributed by atoms with Gasteiger partial charge in [-0.15, -0.1) is 18.3 Å². The summed E-state index contributed by atoms with van der Waals surface area (Å²) >= 11 is 1.58. The van der Waals surface area contributed by atoms with Crippen LogP contribution in [0, 0.1) is 0 Å². The van der Waals surface area contributed by atoms with Gasteiger partial charge in [0.1, 0.15) is 0 Å². The van der Waals surface area contributed by atoms with Gasteiger partial charge < -0.3 is 5.32 Å². The van der Waals surface area contributed by atoms with E-state index in [1.807, 2.05) is 26.2 Å². The average Bonchev–Trinajstić information content (AvgIpc) is 2.68. The standard InChI is InChI=1S/C11H17N3OS/c1-4-6-12-11(15)9(2)16-8-10-5-7-14(3)13-10/h4-5,7,9H,1,6,8H2,2-3H3,(H,12,15)/t9-/m1/s1. The molecule has 1 N–H and O–H groups in total. The van der Waals surface area contributed by atoms with Crippen LogP contribution in [-0.4, -0.2) is 27.5 Å². The Morgan fingerprint density at radius 2 is 2.56 bits per heavy atom. The lowest BCUT2D eigenvalue weighted by Gasteiger charge is -2.09. The van der Waals surface area contributed by atoms with E-state index in [-0.39, 0.29) is 11.2 Å². The highest BCUT2D eigenvalue weighted by Crippen LogP contribution is 2.16. The molecule has 1 atom stereocenters. The zero-order valence-corrected chi connectivity index (χ0v) is 10.5. The molecule has 88 valence electrons. The van der Waals surface area contributed by atoms with Crippen molar-refractivity contribution < 1.29 is 4.79 Å². The van der Waals surface area contributed by atoms with Crippen molar-refractivity contribution in [3.63, 3.8) is 0 Å². The minimum atomic E-state index is -0.0676. The van der Waals surface area contributed by atoms with Crippen molar-refractivity contribution in [2.45, 2.75) is 17.9 Å². The normalized spacial score (nSPS) is 12.1. The molecule has 0 fully saturated rings. The maximum atomic E-state index is 11.5. The van der Waals surface area contributed by atoms with Gasteiger partial charge in [0.25, 0.3) is 0 Å². The van der Waals surface area contributed by atoms with Crippen molar-refractivity contribution >= 4 is 17.7 Å². The Balaban J connectivity index is 2.31. The Morgan fingerprint density at radius 3 is 3.12 bits per heavy atom. The lowest BCUT2D eigenvalue weighted by molar-refractivity contribution is -0.120. The van der Waals surface area contributed by atoms with Crippen LogP contribution in [-0.2, 0) is 17.6 Å². The van der Waals surface area contributed by atoms with Crippen molar-refractivity contribution in [2.75, 3.05) is 6.54 Å². The van der Waals surface area contributed by atoms with Crippen molar-refractivity contribution in [3.05, 3.63) is 30.6 Å². The van der Waals surface area contributed by atoms with Gasteiger partial charge in [-0.2, -0.15) is 5.10 Å². The number of carbonyl (C=O) groups is 1. The van der Waals surface area contributed by atoms with Crippen LogP contribution in [0.2, 0.25) is 0 Å². The first kappa shape index (κ1) is 12.8. The molecule has 0 radical (unpaired) electrons. The first-order chi connectivity index (χ1) is 7.63. The van der Waals surface area contributed by atoms with Gasteiger partial charge in [-0.3, -0.25) is 9.48 Å². The second-order valence-electron chi connectivity index (χ2n) is 3.47. The van der Waals surface area contributed by atoms with Crippen LogP contribution < -0.4 is 5.32 Å². The van der Waals surface area contributed by atoms with Crippen molar-refractivity contribution in [1.29, 1.82) is 0 Å². The summed E-state index contributed by atoms with van der Waals surface area (Å²) in [6.45, 7) is 5.97. The number of hydrogen-bond donors (Lipinski definition) is 1. The molecule has 16 heavy (non-hydrogen) atoms. The molecule has 0 aromatic carbocycles. The van der Waals surface area contributed by atoms with Crippen LogP contribution >= 0.6 is 11.8 Å². The molecule has 0 saturated carbocycles. The SMILES string of the molecule is C=CCNC(=O)[C@@H](C)SCc1ccn(C)n1. The molecular formula is C11H17N3OS. The third kappa shape index (κ3) is 4.10. The summed E-state index contributed by atoms with van der Waals surface area (Å²) in [5, 5.41) is 6.95. The summed E-state index contributed by atoms with van der Waals surface area (Å²) in [6, 6.07) is 1.96. The lowest BCUT2D eigenvalue weighted by Crippen LogP contribution is -2.30. The van der Waals surface area contributed by atoms with Gasteiger partial charge in [-0.25, -0.2) is 0 Å². The van der Waals surface area contributed by atoms with E-state index >= 15 is 0 Å². The maximum absolute atomic E-state index is 11.5. The topological polar surface area (TPSA) is 46.9 Å². The highest BCUT2D eigenvalue weighted by Gasteiger charge is 2.12. The van der Waals surface area contributed by atoms with Gasteiger partial charge in [0.2, 0.25) is 5.91 Å². The van der Waals surface area contributed by atoms with Crippen LogP contribution in [0.4, 0.5) is 0 Å². The molecule has 0 aliphatic carbocycles. The second kappa shape index (κ2) is 6.37. The van der Waals surface area contributed by atoms with Crippen LogP contribution in [0.5, 0.6) is 0 Å². The van der Waals surface area contributed by atoms with Crippen molar-refractivity contribution in [1.82, 2.24) is 15.1 Å². The highest BCUT2D eigenvalue weighted by molar-refractivity contribution is 7.99. The van der Waals surface area contributed by atoms with E-state index in [9.17, 15) is 4.79 Å². The molecule has 0 bridgehead atoms. The fourth-order valence-electron chi connectivity index (χ4n) is 1.14. The molecule has 5 heteroatoms. The number of aromatic nitrogens is 2. The number of aryl methyl sites for hydroxylation is 1. The summed E-state index contributed by atoms with van der Waals surface area (Å²) in [7, 11) is 1.88. The van der Waals surface area contributed by atoms with Gasteiger partial charge in [-0.05, 0) is 13.0 Å². The Labute approximate surface area is 100 Å². The fraction of sp³-hybridized carbons (Fsp3) is 0.455. The monoisotopic (exact) mass is 239 g/mol.